The maximum atomic E-state index is 12.5. The van der Waals surface area contributed by atoms with Gasteiger partial charge in [0.15, 0.2) is 0 Å². The van der Waals surface area contributed by atoms with E-state index in [4.69, 9.17) is 0 Å². The van der Waals surface area contributed by atoms with Gasteiger partial charge < -0.3 is 5.32 Å². The monoisotopic (exact) mass is 288 g/mol. The summed E-state index contributed by atoms with van der Waals surface area (Å²) >= 11 is 0. The highest BCUT2D eigenvalue weighted by Crippen LogP contribution is 2.36. The summed E-state index contributed by atoms with van der Waals surface area (Å²) < 4.78 is 26.8. The molecule has 1 saturated heterocycles. The van der Waals surface area contributed by atoms with Crippen LogP contribution >= 0.6 is 0 Å². The van der Waals surface area contributed by atoms with Crippen molar-refractivity contribution >= 4 is 10.0 Å². The van der Waals surface area contributed by atoms with Gasteiger partial charge in [0.25, 0.3) is 0 Å². The van der Waals surface area contributed by atoms with Gasteiger partial charge in [-0.25, -0.2) is 8.42 Å². The molecule has 1 aliphatic heterocycles. The van der Waals surface area contributed by atoms with Crippen LogP contribution < -0.4 is 5.32 Å². The van der Waals surface area contributed by atoms with Crippen LogP contribution in [0.25, 0.3) is 0 Å². The lowest BCUT2D eigenvalue weighted by atomic mass is 9.97. The van der Waals surface area contributed by atoms with Gasteiger partial charge in [0.05, 0.1) is 5.75 Å². The zero-order valence-corrected chi connectivity index (χ0v) is 12.9. The van der Waals surface area contributed by atoms with Crippen molar-refractivity contribution in [3.05, 3.63) is 0 Å². The first kappa shape index (κ1) is 15.3. The minimum atomic E-state index is -3.03. The Kier molecular flexibility index (Phi) is 5.66. The van der Waals surface area contributed by atoms with Gasteiger partial charge in [0, 0.05) is 12.6 Å². The van der Waals surface area contributed by atoms with Crippen LogP contribution in [0, 0.1) is 5.92 Å². The van der Waals surface area contributed by atoms with E-state index < -0.39 is 10.0 Å². The number of sulfonamides is 1. The Balaban J connectivity index is 1.90. The van der Waals surface area contributed by atoms with Crippen molar-refractivity contribution in [1.29, 1.82) is 0 Å². The largest absolute Gasteiger partial charge is 0.317 e. The van der Waals surface area contributed by atoms with Gasteiger partial charge in [0.1, 0.15) is 0 Å². The molecule has 2 rings (SSSR count). The van der Waals surface area contributed by atoms with Crippen LogP contribution in [0.4, 0.5) is 0 Å². The summed E-state index contributed by atoms with van der Waals surface area (Å²) in [6.45, 7) is 4.52. The molecule has 0 aromatic heterocycles. The van der Waals surface area contributed by atoms with E-state index in [1.807, 2.05) is 11.2 Å². The fraction of sp³-hybridized carbons (Fsp3) is 1.00. The van der Waals surface area contributed by atoms with Crippen LogP contribution in [-0.4, -0.2) is 44.2 Å². The molecular formula is C14H28N2O2S. The van der Waals surface area contributed by atoms with E-state index in [0.717, 1.165) is 38.9 Å². The quantitative estimate of drug-likeness (QED) is 0.729. The van der Waals surface area contributed by atoms with Gasteiger partial charge in [-0.05, 0) is 51.1 Å². The lowest BCUT2D eigenvalue weighted by molar-refractivity contribution is 0.288. The number of nitrogens with one attached hydrogen (secondary N) is 1. The van der Waals surface area contributed by atoms with Crippen molar-refractivity contribution in [2.45, 2.75) is 57.9 Å². The molecular weight excluding hydrogens is 260 g/mol. The van der Waals surface area contributed by atoms with Crippen LogP contribution in [0.5, 0.6) is 0 Å². The minimum absolute atomic E-state index is 0.309. The topological polar surface area (TPSA) is 49.4 Å². The average molecular weight is 288 g/mol. The summed E-state index contributed by atoms with van der Waals surface area (Å²) in [6.07, 6.45) is 7.89. The average Bonchev–Trinajstić information content (AvgIpc) is 3.03. The molecule has 112 valence electrons. The maximum Gasteiger partial charge on any atom is 0.214 e. The van der Waals surface area contributed by atoms with Gasteiger partial charge in [0.2, 0.25) is 10.0 Å². The normalized spacial score (nSPS) is 26.3. The van der Waals surface area contributed by atoms with E-state index in [2.05, 4.69) is 5.32 Å². The molecule has 0 bridgehead atoms. The lowest BCUT2D eigenvalue weighted by Crippen LogP contribution is -2.41. The Morgan fingerprint density at radius 2 is 1.89 bits per heavy atom. The van der Waals surface area contributed by atoms with Crippen molar-refractivity contribution in [3.63, 3.8) is 0 Å². The van der Waals surface area contributed by atoms with Gasteiger partial charge in [-0.3, -0.25) is 0 Å². The molecule has 4 nitrogen and oxygen atoms in total. The Bertz CT molecular complexity index is 364. The predicted octanol–water partition coefficient (Wildman–Crippen LogP) is 1.97. The number of hydrogen-bond acceptors (Lipinski definition) is 3. The Morgan fingerprint density at radius 3 is 2.58 bits per heavy atom. The highest BCUT2D eigenvalue weighted by atomic mass is 32.2. The molecule has 1 N–H and O–H groups in total. The SMILES string of the molecule is CCNCCCS(=O)(=O)N1CCCC1C1CCCC1. The Hall–Kier alpha value is -0.130. The predicted molar refractivity (Wildman–Crippen MR) is 78.6 cm³/mol. The van der Waals surface area contributed by atoms with E-state index in [1.54, 1.807) is 0 Å². The second kappa shape index (κ2) is 7.04. The molecule has 0 radical (unpaired) electrons. The Morgan fingerprint density at radius 1 is 1.16 bits per heavy atom. The van der Waals surface area contributed by atoms with Crippen molar-refractivity contribution in [1.82, 2.24) is 9.62 Å². The van der Waals surface area contributed by atoms with Crippen LogP contribution in [0.1, 0.15) is 51.9 Å². The zero-order valence-electron chi connectivity index (χ0n) is 12.1. The van der Waals surface area contributed by atoms with Crippen molar-refractivity contribution < 1.29 is 8.42 Å². The van der Waals surface area contributed by atoms with Gasteiger partial charge >= 0.3 is 0 Å². The smallest absolute Gasteiger partial charge is 0.214 e. The van der Waals surface area contributed by atoms with Crippen LogP contribution in [-0.2, 0) is 10.0 Å². The highest BCUT2D eigenvalue weighted by molar-refractivity contribution is 7.89. The van der Waals surface area contributed by atoms with E-state index in [9.17, 15) is 8.42 Å². The summed E-state index contributed by atoms with van der Waals surface area (Å²) in [5, 5.41) is 3.19. The summed E-state index contributed by atoms with van der Waals surface area (Å²) in [4.78, 5) is 0. The van der Waals surface area contributed by atoms with E-state index >= 15 is 0 Å². The summed E-state index contributed by atoms with van der Waals surface area (Å²) in [7, 11) is -3.03. The van der Waals surface area contributed by atoms with E-state index in [1.165, 1.54) is 25.7 Å². The molecule has 2 aliphatic rings. The molecule has 0 aromatic carbocycles. The van der Waals surface area contributed by atoms with Crippen molar-refractivity contribution in [3.8, 4) is 0 Å². The van der Waals surface area contributed by atoms with Gasteiger partial charge in [-0.2, -0.15) is 4.31 Å². The fourth-order valence-electron chi connectivity index (χ4n) is 3.60. The molecule has 1 unspecified atom stereocenters. The van der Waals surface area contributed by atoms with Gasteiger partial charge in [-0.15, -0.1) is 0 Å². The molecule has 1 saturated carbocycles. The lowest BCUT2D eigenvalue weighted by Gasteiger charge is -2.28. The van der Waals surface area contributed by atoms with Crippen LogP contribution in [0.15, 0.2) is 0 Å². The molecule has 1 aliphatic carbocycles. The molecule has 0 spiro atoms. The summed E-state index contributed by atoms with van der Waals surface area (Å²) in [6, 6.07) is 0.312. The van der Waals surface area contributed by atoms with Gasteiger partial charge in [-0.1, -0.05) is 19.8 Å². The molecule has 2 fully saturated rings. The second-order valence-electron chi connectivity index (χ2n) is 5.89. The molecule has 1 heterocycles. The second-order valence-corrected chi connectivity index (χ2v) is 7.93. The first-order valence-corrected chi connectivity index (χ1v) is 9.46. The molecule has 0 amide bonds. The Labute approximate surface area is 118 Å². The number of rotatable bonds is 7. The van der Waals surface area contributed by atoms with E-state index in [0.29, 0.717) is 17.7 Å². The summed E-state index contributed by atoms with van der Waals surface area (Å²) in [5.41, 5.74) is 0. The van der Waals surface area contributed by atoms with Crippen LogP contribution in [0.3, 0.4) is 0 Å². The molecule has 1 atom stereocenters. The zero-order chi connectivity index (χ0) is 13.7. The highest BCUT2D eigenvalue weighted by Gasteiger charge is 2.39. The van der Waals surface area contributed by atoms with Crippen molar-refractivity contribution in [2.24, 2.45) is 5.92 Å². The molecule has 5 heteroatoms. The number of hydrogen-bond donors (Lipinski definition) is 1. The molecule has 0 aromatic rings. The standard InChI is InChI=1S/C14H28N2O2S/c1-2-15-10-6-12-19(17,18)16-11-5-9-14(16)13-7-3-4-8-13/h13-15H,2-12H2,1H3. The summed E-state index contributed by atoms with van der Waals surface area (Å²) in [5.74, 6) is 0.939. The third kappa shape index (κ3) is 3.92. The van der Waals surface area contributed by atoms with Crippen molar-refractivity contribution in [2.75, 3.05) is 25.4 Å². The minimum Gasteiger partial charge on any atom is -0.317 e. The first-order valence-electron chi connectivity index (χ1n) is 7.85. The number of nitrogens with zero attached hydrogens (tertiary/aromatic N) is 1. The van der Waals surface area contributed by atoms with Crippen LogP contribution in [0.2, 0.25) is 0 Å². The third-order valence-corrected chi connectivity index (χ3v) is 6.53. The third-order valence-electron chi connectivity index (χ3n) is 4.56. The molecule has 19 heavy (non-hydrogen) atoms. The maximum absolute atomic E-state index is 12.5. The van der Waals surface area contributed by atoms with E-state index in [-0.39, 0.29) is 0 Å². The fourth-order valence-corrected chi connectivity index (χ4v) is 5.44. The first-order chi connectivity index (χ1) is 9.15.